The first kappa shape index (κ1) is 16.0. The molecule has 124 valence electrons. The summed E-state index contributed by atoms with van der Waals surface area (Å²) in [7, 11) is 0. The number of hydrogen-bond donors (Lipinski definition) is 2. The van der Waals surface area contributed by atoms with Crippen LogP contribution in [0.3, 0.4) is 0 Å². The fourth-order valence-electron chi connectivity index (χ4n) is 2.51. The third-order valence-corrected chi connectivity index (χ3v) is 3.78. The molecule has 0 aliphatic rings. The van der Waals surface area contributed by atoms with E-state index in [-0.39, 0.29) is 16.9 Å². The van der Waals surface area contributed by atoms with Crippen molar-refractivity contribution in [1.29, 1.82) is 0 Å². The summed E-state index contributed by atoms with van der Waals surface area (Å²) in [5.74, 6) is -0.113. The molecular formula is C18H20N4O2. The van der Waals surface area contributed by atoms with E-state index in [9.17, 15) is 9.59 Å². The van der Waals surface area contributed by atoms with Gasteiger partial charge in [0.2, 0.25) is 5.91 Å². The summed E-state index contributed by atoms with van der Waals surface area (Å²) in [4.78, 5) is 28.1. The highest BCUT2D eigenvalue weighted by Crippen LogP contribution is 2.26. The Bertz CT molecular complexity index is 959. The minimum atomic E-state index is -0.211. The zero-order valence-electron chi connectivity index (χ0n) is 14.2. The van der Waals surface area contributed by atoms with Gasteiger partial charge in [-0.15, -0.1) is 0 Å². The zero-order chi connectivity index (χ0) is 17.5. The molecule has 0 unspecified atom stereocenters. The van der Waals surface area contributed by atoms with Crippen LogP contribution in [0.15, 0.2) is 41.3 Å². The topological polar surface area (TPSA) is 79.3 Å². The minimum Gasteiger partial charge on any atom is -0.326 e. The van der Waals surface area contributed by atoms with Crippen molar-refractivity contribution in [1.82, 2.24) is 14.6 Å². The van der Waals surface area contributed by atoms with Gasteiger partial charge in [-0.25, -0.2) is 9.50 Å². The van der Waals surface area contributed by atoms with Crippen molar-refractivity contribution >= 4 is 17.2 Å². The van der Waals surface area contributed by atoms with Gasteiger partial charge >= 0.3 is 0 Å². The van der Waals surface area contributed by atoms with Gasteiger partial charge in [-0.2, -0.15) is 0 Å². The molecule has 0 aliphatic heterocycles. The van der Waals surface area contributed by atoms with Gasteiger partial charge in [0, 0.05) is 35.9 Å². The van der Waals surface area contributed by atoms with Gasteiger partial charge in [0.1, 0.15) is 0 Å². The number of carbonyl (C=O) groups is 1. The van der Waals surface area contributed by atoms with Crippen molar-refractivity contribution in [2.45, 2.75) is 33.1 Å². The average molecular weight is 324 g/mol. The summed E-state index contributed by atoms with van der Waals surface area (Å²) < 4.78 is 1.44. The third kappa shape index (κ3) is 2.95. The van der Waals surface area contributed by atoms with Crippen molar-refractivity contribution in [2.75, 3.05) is 5.32 Å². The Morgan fingerprint density at radius 1 is 1.21 bits per heavy atom. The largest absolute Gasteiger partial charge is 0.326 e. The van der Waals surface area contributed by atoms with E-state index < -0.39 is 0 Å². The Balaban J connectivity index is 2.11. The molecule has 0 saturated carbocycles. The van der Waals surface area contributed by atoms with E-state index in [0.29, 0.717) is 5.65 Å². The molecule has 2 heterocycles. The van der Waals surface area contributed by atoms with Crippen LogP contribution in [0.2, 0.25) is 0 Å². The molecule has 0 fully saturated rings. The summed E-state index contributed by atoms with van der Waals surface area (Å²) in [6.07, 6.45) is 1.77. The lowest BCUT2D eigenvalue weighted by molar-refractivity contribution is -0.114. The summed E-state index contributed by atoms with van der Waals surface area (Å²) in [6, 6.07) is 9.00. The maximum atomic E-state index is 12.3. The van der Waals surface area contributed by atoms with Crippen LogP contribution in [-0.2, 0) is 10.2 Å². The molecular weight excluding hydrogens is 304 g/mol. The second-order valence-corrected chi connectivity index (χ2v) is 6.83. The van der Waals surface area contributed by atoms with Gasteiger partial charge in [0.25, 0.3) is 5.56 Å². The van der Waals surface area contributed by atoms with E-state index in [1.807, 2.05) is 45.0 Å². The van der Waals surface area contributed by atoms with Gasteiger partial charge in [0.05, 0.1) is 5.69 Å². The van der Waals surface area contributed by atoms with E-state index >= 15 is 0 Å². The summed E-state index contributed by atoms with van der Waals surface area (Å²) in [5, 5.41) is 5.69. The number of H-pyrrole nitrogens is 1. The first-order chi connectivity index (χ1) is 11.3. The van der Waals surface area contributed by atoms with Gasteiger partial charge in [-0.05, 0) is 17.7 Å². The number of fused-ring (bicyclic) bond motifs is 1. The van der Waals surface area contributed by atoms with Gasteiger partial charge < -0.3 is 5.32 Å². The zero-order valence-corrected chi connectivity index (χ0v) is 14.2. The quantitative estimate of drug-likeness (QED) is 0.760. The second kappa shape index (κ2) is 5.63. The molecule has 0 saturated heterocycles. The van der Waals surface area contributed by atoms with Gasteiger partial charge in [0.15, 0.2) is 5.65 Å². The molecule has 0 atom stereocenters. The molecule has 3 aromatic rings. The Kier molecular flexibility index (Phi) is 3.75. The standard InChI is InChI=1S/C18H20N4O2/c1-11(23)20-13-7-5-12(6-8-13)14-10-19-22-16(24)9-15(18(2,3)4)21-17(14)22/h5-10,19H,1-4H3,(H,20,23). The van der Waals surface area contributed by atoms with Crippen molar-refractivity contribution in [2.24, 2.45) is 0 Å². The van der Waals surface area contributed by atoms with E-state index in [2.05, 4.69) is 15.4 Å². The highest BCUT2D eigenvalue weighted by Gasteiger charge is 2.19. The lowest BCUT2D eigenvalue weighted by Crippen LogP contribution is -2.22. The van der Waals surface area contributed by atoms with Crippen LogP contribution in [0.5, 0.6) is 0 Å². The molecule has 0 bridgehead atoms. The van der Waals surface area contributed by atoms with Crippen LogP contribution < -0.4 is 10.9 Å². The minimum absolute atomic E-state index is 0.113. The van der Waals surface area contributed by atoms with Crippen LogP contribution in [0, 0.1) is 0 Å². The number of aromatic nitrogens is 3. The lowest BCUT2D eigenvalue weighted by Gasteiger charge is -2.17. The van der Waals surface area contributed by atoms with Crippen LogP contribution in [-0.4, -0.2) is 20.5 Å². The first-order valence-corrected chi connectivity index (χ1v) is 7.75. The predicted octanol–water partition coefficient (Wildman–Crippen LogP) is 2.95. The Labute approximate surface area is 139 Å². The first-order valence-electron chi connectivity index (χ1n) is 7.75. The number of nitrogens with one attached hydrogen (secondary N) is 2. The van der Waals surface area contributed by atoms with E-state index in [1.165, 1.54) is 11.4 Å². The third-order valence-electron chi connectivity index (χ3n) is 3.78. The number of amides is 1. The number of rotatable bonds is 2. The molecule has 0 radical (unpaired) electrons. The molecule has 3 rings (SSSR count). The lowest BCUT2D eigenvalue weighted by atomic mass is 9.92. The van der Waals surface area contributed by atoms with E-state index in [1.54, 1.807) is 12.3 Å². The summed E-state index contributed by atoms with van der Waals surface area (Å²) >= 11 is 0. The molecule has 2 N–H and O–H groups in total. The molecule has 1 aromatic carbocycles. The number of anilines is 1. The second-order valence-electron chi connectivity index (χ2n) is 6.83. The molecule has 24 heavy (non-hydrogen) atoms. The number of carbonyl (C=O) groups excluding carboxylic acids is 1. The Morgan fingerprint density at radius 3 is 2.46 bits per heavy atom. The SMILES string of the molecule is CC(=O)Nc1ccc(-c2c[nH]n3c(=O)cc(C(C)(C)C)nc23)cc1. The molecule has 0 aliphatic carbocycles. The Hall–Kier alpha value is -2.89. The van der Waals surface area contributed by atoms with E-state index in [0.717, 1.165) is 22.5 Å². The summed E-state index contributed by atoms with van der Waals surface area (Å²) in [5.41, 5.74) is 3.49. The van der Waals surface area contributed by atoms with Gasteiger partial charge in [-0.3, -0.25) is 14.7 Å². The van der Waals surface area contributed by atoms with Gasteiger partial charge in [-0.1, -0.05) is 32.9 Å². The maximum absolute atomic E-state index is 12.3. The smallest absolute Gasteiger partial charge is 0.272 e. The monoisotopic (exact) mass is 324 g/mol. The highest BCUT2D eigenvalue weighted by molar-refractivity contribution is 5.89. The number of benzene rings is 1. The van der Waals surface area contributed by atoms with Crippen molar-refractivity contribution in [3.05, 3.63) is 52.6 Å². The molecule has 2 aromatic heterocycles. The molecule has 6 heteroatoms. The number of hydrogen-bond acceptors (Lipinski definition) is 3. The van der Waals surface area contributed by atoms with Crippen molar-refractivity contribution in [3.8, 4) is 11.1 Å². The number of nitrogens with zero attached hydrogens (tertiary/aromatic N) is 2. The fraction of sp³-hybridized carbons (Fsp3) is 0.278. The van der Waals surface area contributed by atoms with E-state index in [4.69, 9.17) is 0 Å². The molecule has 6 nitrogen and oxygen atoms in total. The molecule has 1 amide bonds. The van der Waals surface area contributed by atoms with Crippen molar-refractivity contribution in [3.63, 3.8) is 0 Å². The maximum Gasteiger partial charge on any atom is 0.272 e. The average Bonchev–Trinajstić information content (AvgIpc) is 2.91. The predicted molar refractivity (Wildman–Crippen MR) is 94.3 cm³/mol. The number of aromatic amines is 1. The van der Waals surface area contributed by atoms with Crippen molar-refractivity contribution < 1.29 is 4.79 Å². The van der Waals surface area contributed by atoms with Crippen LogP contribution in [0.25, 0.3) is 16.8 Å². The Morgan fingerprint density at radius 2 is 1.88 bits per heavy atom. The van der Waals surface area contributed by atoms with Crippen LogP contribution >= 0.6 is 0 Å². The highest BCUT2D eigenvalue weighted by atomic mass is 16.1. The normalized spacial score (nSPS) is 11.7. The van der Waals surface area contributed by atoms with Crippen LogP contribution in [0.4, 0.5) is 5.69 Å². The fourth-order valence-corrected chi connectivity index (χ4v) is 2.51. The molecule has 0 spiro atoms. The van der Waals surface area contributed by atoms with Crippen LogP contribution in [0.1, 0.15) is 33.4 Å². The summed E-state index contributed by atoms with van der Waals surface area (Å²) in [6.45, 7) is 7.55.